The lowest BCUT2D eigenvalue weighted by molar-refractivity contribution is 0.0601. The fourth-order valence-electron chi connectivity index (χ4n) is 3.55. The van der Waals surface area contributed by atoms with Crippen LogP contribution in [-0.2, 0) is 4.74 Å². The highest BCUT2D eigenvalue weighted by Crippen LogP contribution is 2.33. The Bertz CT molecular complexity index is 878. The maximum Gasteiger partial charge on any atom is 0.337 e. The summed E-state index contributed by atoms with van der Waals surface area (Å²) in [5.41, 5.74) is 3.74. The summed E-state index contributed by atoms with van der Waals surface area (Å²) in [6.07, 6.45) is 4.10. The van der Waals surface area contributed by atoms with Crippen LogP contribution in [0, 0.1) is 0 Å². The minimum atomic E-state index is -0.307. The predicted molar refractivity (Wildman–Crippen MR) is 89.7 cm³/mol. The molecule has 2 aromatic heterocycles. The Kier molecular flexibility index (Phi) is 3.50. The van der Waals surface area contributed by atoms with Crippen molar-refractivity contribution in [2.75, 3.05) is 20.2 Å². The van der Waals surface area contributed by atoms with Crippen LogP contribution in [0.4, 0.5) is 0 Å². The average Bonchev–Trinajstić information content (AvgIpc) is 2.95. The molecule has 0 spiro atoms. The summed E-state index contributed by atoms with van der Waals surface area (Å²) < 4.78 is 7.20. The van der Waals surface area contributed by atoms with Crippen LogP contribution in [0.3, 0.4) is 0 Å². The fourth-order valence-corrected chi connectivity index (χ4v) is 3.55. The van der Waals surface area contributed by atoms with Gasteiger partial charge in [-0.15, -0.1) is 0 Å². The Hall–Kier alpha value is -2.40. The minimum Gasteiger partial charge on any atom is -0.465 e. The largest absolute Gasteiger partial charge is 0.465 e. The van der Waals surface area contributed by atoms with Crippen molar-refractivity contribution in [2.45, 2.75) is 18.9 Å². The summed E-state index contributed by atoms with van der Waals surface area (Å²) in [5.74, 6) is -0.307. The molecule has 5 heteroatoms. The van der Waals surface area contributed by atoms with Gasteiger partial charge in [0.25, 0.3) is 0 Å². The Morgan fingerprint density at radius 1 is 1.35 bits per heavy atom. The van der Waals surface area contributed by atoms with Gasteiger partial charge in [-0.2, -0.15) is 0 Å². The number of aromatic nitrogens is 2. The molecule has 1 aromatic carbocycles. The topological polar surface area (TPSA) is 56.1 Å². The van der Waals surface area contributed by atoms with Crippen molar-refractivity contribution in [2.24, 2.45) is 0 Å². The number of methoxy groups -OCH3 is 1. The zero-order valence-corrected chi connectivity index (χ0v) is 13.1. The van der Waals surface area contributed by atoms with E-state index in [0.717, 1.165) is 47.9 Å². The van der Waals surface area contributed by atoms with Crippen LogP contribution in [-0.4, -0.2) is 35.7 Å². The van der Waals surface area contributed by atoms with Gasteiger partial charge in [0, 0.05) is 24.2 Å². The number of hydrogen-bond donors (Lipinski definition) is 1. The van der Waals surface area contributed by atoms with Crippen LogP contribution in [0.15, 0.2) is 36.5 Å². The molecule has 23 heavy (non-hydrogen) atoms. The SMILES string of the molecule is COC(=O)c1ccc2c3ncccc3n(C3CCCNC3)c2c1. The van der Waals surface area contributed by atoms with Gasteiger partial charge in [0.2, 0.25) is 0 Å². The number of hydrogen-bond acceptors (Lipinski definition) is 4. The summed E-state index contributed by atoms with van der Waals surface area (Å²) in [7, 11) is 1.41. The van der Waals surface area contributed by atoms with E-state index in [-0.39, 0.29) is 5.97 Å². The van der Waals surface area contributed by atoms with Gasteiger partial charge in [0.05, 0.1) is 29.2 Å². The first-order chi connectivity index (χ1) is 11.3. The molecule has 3 aromatic rings. The summed E-state index contributed by atoms with van der Waals surface area (Å²) >= 11 is 0. The molecule has 1 aliphatic rings. The van der Waals surface area contributed by atoms with E-state index in [2.05, 4.69) is 20.9 Å². The Morgan fingerprint density at radius 3 is 3.04 bits per heavy atom. The molecule has 1 atom stereocenters. The standard InChI is InChI=1S/C18H19N3O2/c1-23-18(22)12-6-7-14-16(10-12)21(13-4-2-8-19-11-13)15-5-3-9-20-17(14)15/h3,5-7,9-10,13,19H,2,4,8,11H2,1H3. The molecule has 0 saturated carbocycles. The molecule has 0 radical (unpaired) electrons. The van der Waals surface area contributed by atoms with Gasteiger partial charge >= 0.3 is 5.97 Å². The molecule has 3 heterocycles. The molecule has 1 unspecified atom stereocenters. The minimum absolute atomic E-state index is 0.307. The summed E-state index contributed by atoms with van der Waals surface area (Å²) in [5, 5.41) is 4.55. The van der Waals surface area contributed by atoms with E-state index in [9.17, 15) is 4.79 Å². The first-order valence-electron chi connectivity index (χ1n) is 7.97. The first kappa shape index (κ1) is 14.2. The van der Waals surface area contributed by atoms with Gasteiger partial charge in [-0.25, -0.2) is 4.79 Å². The number of piperidine rings is 1. The van der Waals surface area contributed by atoms with Crippen molar-refractivity contribution in [1.82, 2.24) is 14.9 Å². The molecule has 1 N–H and O–H groups in total. The number of benzene rings is 1. The number of rotatable bonds is 2. The first-order valence-corrected chi connectivity index (χ1v) is 7.97. The van der Waals surface area contributed by atoms with E-state index >= 15 is 0 Å². The molecule has 0 amide bonds. The van der Waals surface area contributed by atoms with Crippen LogP contribution >= 0.6 is 0 Å². The average molecular weight is 309 g/mol. The molecule has 0 bridgehead atoms. The Morgan fingerprint density at radius 2 is 2.26 bits per heavy atom. The van der Waals surface area contributed by atoms with E-state index in [1.54, 1.807) is 0 Å². The highest BCUT2D eigenvalue weighted by Gasteiger charge is 2.21. The van der Waals surface area contributed by atoms with Crippen LogP contribution in [0.25, 0.3) is 21.9 Å². The van der Waals surface area contributed by atoms with Gasteiger partial charge in [-0.05, 0) is 49.7 Å². The van der Waals surface area contributed by atoms with Crippen molar-refractivity contribution in [3.8, 4) is 0 Å². The Balaban J connectivity index is 2.00. The lowest BCUT2D eigenvalue weighted by atomic mass is 10.1. The third-order valence-electron chi connectivity index (χ3n) is 4.62. The highest BCUT2D eigenvalue weighted by atomic mass is 16.5. The molecule has 4 rings (SSSR count). The van der Waals surface area contributed by atoms with E-state index in [1.165, 1.54) is 7.11 Å². The molecular formula is C18H19N3O2. The van der Waals surface area contributed by atoms with Crippen LogP contribution in [0.2, 0.25) is 0 Å². The third kappa shape index (κ3) is 2.28. The van der Waals surface area contributed by atoms with Gasteiger partial charge in [-0.3, -0.25) is 4.98 Å². The van der Waals surface area contributed by atoms with Crippen LogP contribution in [0.1, 0.15) is 29.2 Å². The zero-order chi connectivity index (χ0) is 15.8. The van der Waals surface area contributed by atoms with Gasteiger partial charge in [-0.1, -0.05) is 0 Å². The van der Waals surface area contributed by atoms with E-state index in [0.29, 0.717) is 11.6 Å². The molecule has 1 aliphatic heterocycles. The molecule has 118 valence electrons. The number of esters is 1. The van der Waals surface area contributed by atoms with Crippen LogP contribution in [0.5, 0.6) is 0 Å². The summed E-state index contributed by atoms with van der Waals surface area (Å²) in [6, 6.07) is 10.2. The number of ether oxygens (including phenoxy) is 1. The number of nitrogens with one attached hydrogen (secondary N) is 1. The second kappa shape index (κ2) is 5.66. The van der Waals surface area contributed by atoms with Crippen molar-refractivity contribution in [3.05, 3.63) is 42.1 Å². The number of fused-ring (bicyclic) bond motifs is 3. The second-order valence-corrected chi connectivity index (χ2v) is 5.96. The van der Waals surface area contributed by atoms with Gasteiger partial charge in [0.15, 0.2) is 0 Å². The third-order valence-corrected chi connectivity index (χ3v) is 4.62. The lowest BCUT2D eigenvalue weighted by Gasteiger charge is -2.26. The molecular weight excluding hydrogens is 290 g/mol. The van der Waals surface area contributed by atoms with Crippen molar-refractivity contribution in [1.29, 1.82) is 0 Å². The van der Waals surface area contributed by atoms with E-state index in [1.807, 2.05) is 30.5 Å². The molecule has 5 nitrogen and oxygen atoms in total. The maximum absolute atomic E-state index is 11.9. The number of carbonyl (C=O) groups is 1. The van der Waals surface area contributed by atoms with Gasteiger partial charge in [0.1, 0.15) is 0 Å². The fraction of sp³-hybridized carbons (Fsp3) is 0.333. The maximum atomic E-state index is 11.9. The molecule has 0 aliphatic carbocycles. The molecule has 1 saturated heterocycles. The van der Waals surface area contributed by atoms with Gasteiger partial charge < -0.3 is 14.6 Å². The quantitative estimate of drug-likeness (QED) is 0.740. The lowest BCUT2D eigenvalue weighted by Crippen LogP contribution is -2.31. The van der Waals surface area contributed by atoms with Crippen molar-refractivity contribution >= 4 is 27.9 Å². The monoisotopic (exact) mass is 309 g/mol. The number of nitrogens with zero attached hydrogens (tertiary/aromatic N) is 2. The Labute approximate surface area is 134 Å². The van der Waals surface area contributed by atoms with Crippen LogP contribution < -0.4 is 5.32 Å². The second-order valence-electron chi connectivity index (χ2n) is 5.96. The summed E-state index contributed by atoms with van der Waals surface area (Å²) in [4.78, 5) is 16.5. The number of pyridine rings is 1. The number of carbonyl (C=O) groups excluding carboxylic acids is 1. The highest BCUT2D eigenvalue weighted by molar-refractivity contribution is 6.07. The zero-order valence-electron chi connectivity index (χ0n) is 13.1. The van der Waals surface area contributed by atoms with E-state index in [4.69, 9.17) is 4.74 Å². The molecule has 1 fully saturated rings. The van der Waals surface area contributed by atoms with E-state index < -0.39 is 0 Å². The normalized spacial score (nSPS) is 18.4. The smallest absolute Gasteiger partial charge is 0.337 e. The van der Waals surface area contributed by atoms with Crippen molar-refractivity contribution < 1.29 is 9.53 Å². The summed E-state index contributed by atoms with van der Waals surface area (Å²) in [6.45, 7) is 2.01. The predicted octanol–water partition coefficient (Wildman–Crippen LogP) is 2.90. The van der Waals surface area contributed by atoms with Crippen molar-refractivity contribution in [3.63, 3.8) is 0 Å².